The van der Waals surface area contributed by atoms with E-state index in [4.69, 9.17) is 4.74 Å². The zero-order chi connectivity index (χ0) is 11.7. The molecular formula is C12H13N3OS. The molecule has 0 amide bonds. The van der Waals surface area contributed by atoms with Crippen molar-refractivity contribution in [3.05, 3.63) is 28.8 Å². The first-order valence-electron chi connectivity index (χ1n) is 5.66. The van der Waals surface area contributed by atoms with Crippen LogP contribution in [0.15, 0.2) is 18.2 Å². The molecule has 0 spiro atoms. The van der Waals surface area contributed by atoms with Gasteiger partial charge >= 0.3 is 0 Å². The number of rotatable bonds is 2. The lowest BCUT2D eigenvalue weighted by Crippen LogP contribution is -2.12. The minimum atomic E-state index is 0.600. The quantitative estimate of drug-likeness (QED) is 0.886. The average Bonchev–Trinajstić information content (AvgIpc) is 2.75. The molecule has 0 atom stereocenters. The summed E-state index contributed by atoms with van der Waals surface area (Å²) in [6.07, 6.45) is 2.28. The zero-order valence-electron chi connectivity index (χ0n) is 9.56. The highest BCUT2D eigenvalue weighted by Gasteiger charge is 2.14. The van der Waals surface area contributed by atoms with Crippen LogP contribution in [0.4, 0.5) is 5.69 Å². The summed E-state index contributed by atoms with van der Waals surface area (Å²) in [6, 6.07) is 6.13. The molecule has 0 fully saturated rings. The lowest BCUT2D eigenvalue weighted by molar-refractivity contribution is 0.473. The number of hydrogen-bond donors (Lipinski definition) is 1. The summed E-state index contributed by atoms with van der Waals surface area (Å²) in [5, 5.41) is 12.8. The summed E-state index contributed by atoms with van der Waals surface area (Å²) in [7, 11) is 0. The minimum Gasteiger partial charge on any atom is -0.428 e. The number of aryl methyl sites for hydroxylation is 2. The highest BCUT2D eigenvalue weighted by Crippen LogP contribution is 2.35. The summed E-state index contributed by atoms with van der Waals surface area (Å²) in [5.74, 6) is 0.846. The van der Waals surface area contributed by atoms with Crippen LogP contribution >= 0.6 is 11.3 Å². The van der Waals surface area contributed by atoms with E-state index in [-0.39, 0.29) is 0 Å². The predicted octanol–water partition coefficient (Wildman–Crippen LogP) is 3.00. The van der Waals surface area contributed by atoms with Crippen molar-refractivity contribution in [1.82, 2.24) is 10.2 Å². The highest BCUT2D eigenvalue weighted by molar-refractivity contribution is 7.13. The van der Waals surface area contributed by atoms with Crippen LogP contribution in [0.3, 0.4) is 0 Å². The van der Waals surface area contributed by atoms with Crippen molar-refractivity contribution in [1.29, 1.82) is 0 Å². The smallest absolute Gasteiger partial charge is 0.299 e. The van der Waals surface area contributed by atoms with Gasteiger partial charge in [0, 0.05) is 6.54 Å². The second-order valence-corrected chi connectivity index (χ2v) is 5.15. The second kappa shape index (κ2) is 4.33. The van der Waals surface area contributed by atoms with Crippen molar-refractivity contribution in [3.63, 3.8) is 0 Å². The largest absolute Gasteiger partial charge is 0.428 e. The van der Waals surface area contributed by atoms with Gasteiger partial charge in [-0.25, -0.2) is 0 Å². The fourth-order valence-electron chi connectivity index (χ4n) is 1.98. The van der Waals surface area contributed by atoms with Gasteiger partial charge < -0.3 is 10.1 Å². The number of fused-ring (bicyclic) bond motifs is 1. The van der Waals surface area contributed by atoms with Gasteiger partial charge in [-0.05, 0) is 31.4 Å². The van der Waals surface area contributed by atoms with Crippen LogP contribution in [-0.4, -0.2) is 16.7 Å². The summed E-state index contributed by atoms with van der Waals surface area (Å²) in [5.41, 5.74) is 2.42. The summed E-state index contributed by atoms with van der Waals surface area (Å²) in [6.45, 7) is 2.92. The first-order valence-corrected chi connectivity index (χ1v) is 6.48. The molecule has 0 saturated carbocycles. The van der Waals surface area contributed by atoms with Crippen LogP contribution < -0.4 is 10.1 Å². The van der Waals surface area contributed by atoms with Crippen molar-refractivity contribution < 1.29 is 4.74 Å². The molecule has 0 unspecified atom stereocenters. The normalized spacial score (nSPS) is 13.9. The van der Waals surface area contributed by atoms with E-state index in [1.54, 1.807) is 0 Å². The molecule has 2 heterocycles. The molecular weight excluding hydrogens is 234 g/mol. The first kappa shape index (κ1) is 10.5. The molecule has 0 saturated heterocycles. The molecule has 1 aliphatic rings. The van der Waals surface area contributed by atoms with Gasteiger partial charge in [-0.1, -0.05) is 28.6 Å². The van der Waals surface area contributed by atoms with E-state index in [2.05, 4.69) is 21.6 Å². The Morgan fingerprint density at radius 2 is 2.29 bits per heavy atom. The number of para-hydroxylation sites is 1. The summed E-state index contributed by atoms with van der Waals surface area (Å²) < 4.78 is 5.78. The third kappa shape index (κ3) is 2.10. The standard InChI is InChI=1S/C12H13N3OS/c1-8-14-15-12(17-8)16-10-6-2-4-9-5-3-7-13-11(9)10/h2,4,6,13H,3,5,7H2,1H3. The van der Waals surface area contributed by atoms with Crippen molar-refractivity contribution >= 4 is 17.0 Å². The van der Waals surface area contributed by atoms with Crippen LogP contribution in [-0.2, 0) is 6.42 Å². The van der Waals surface area contributed by atoms with Gasteiger partial charge in [0.15, 0.2) is 5.75 Å². The molecule has 1 aromatic carbocycles. The van der Waals surface area contributed by atoms with E-state index in [1.807, 2.05) is 19.1 Å². The van der Waals surface area contributed by atoms with Crippen molar-refractivity contribution in [2.75, 3.05) is 11.9 Å². The van der Waals surface area contributed by atoms with Gasteiger partial charge in [0.1, 0.15) is 5.01 Å². The van der Waals surface area contributed by atoms with Gasteiger partial charge in [-0.3, -0.25) is 0 Å². The maximum atomic E-state index is 5.78. The lowest BCUT2D eigenvalue weighted by atomic mass is 10.0. The Labute approximate surface area is 104 Å². The van der Waals surface area contributed by atoms with Gasteiger partial charge in [0.2, 0.25) is 0 Å². The number of benzene rings is 1. The summed E-state index contributed by atoms with van der Waals surface area (Å²) >= 11 is 1.46. The third-order valence-corrected chi connectivity index (χ3v) is 3.46. The van der Waals surface area contributed by atoms with Crippen LogP contribution in [0.1, 0.15) is 17.0 Å². The molecule has 3 rings (SSSR count). The van der Waals surface area contributed by atoms with E-state index in [0.29, 0.717) is 5.19 Å². The maximum Gasteiger partial charge on any atom is 0.299 e. The minimum absolute atomic E-state index is 0.600. The van der Waals surface area contributed by atoms with Crippen LogP contribution in [0, 0.1) is 6.92 Å². The molecule has 4 nitrogen and oxygen atoms in total. The van der Waals surface area contributed by atoms with E-state index >= 15 is 0 Å². The maximum absolute atomic E-state index is 5.78. The molecule has 1 N–H and O–H groups in total. The van der Waals surface area contributed by atoms with Crippen LogP contribution in [0.25, 0.3) is 0 Å². The zero-order valence-corrected chi connectivity index (χ0v) is 10.4. The van der Waals surface area contributed by atoms with Gasteiger partial charge in [0.25, 0.3) is 5.19 Å². The summed E-state index contributed by atoms with van der Waals surface area (Å²) in [4.78, 5) is 0. The SMILES string of the molecule is Cc1nnc(Oc2cccc3c2NCCC3)s1. The van der Waals surface area contributed by atoms with Crippen LogP contribution in [0.2, 0.25) is 0 Å². The Bertz CT molecular complexity index is 538. The third-order valence-electron chi connectivity index (χ3n) is 2.74. The van der Waals surface area contributed by atoms with Gasteiger partial charge in [-0.2, -0.15) is 0 Å². The van der Waals surface area contributed by atoms with Crippen LogP contribution in [0.5, 0.6) is 10.9 Å². The topological polar surface area (TPSA) is 47.0 Å². The van der Waals surface area contributed by atoms with Crippen molar-refractivity contribution in [2.45, 2.75) is 19.8 Å². The predicted molar refractivity (Wildman–Crippen MR) is 68.0 cm³/mol. The molecule has 88 valence electrons. The molecule has 1 aromatic heterocycles. The second-order valence-electron chi connectivity index (χ2n) is 4.01. The fraction of sp³-hybridized carbons (Fsp3) is 0.333. The lowest BCUT2D eigenvalue weighted by Gasteiger charge is -2.20. The molecule has 2 aromatic rings. The monoisotopic (exact) mass is 247 g/mol. The number of nitrogens with zero attached hydrogens (tertiary/aromatic N) is 2. The Hall–Kier alpha value is -1.62. The Morgan fingerprint density at radius 1 is 1.35 bits per heavy atom. The Kier molecular flexibility index (Phi) is 2.68. The number of nitrogens with one attached hydrogen (secondary N) is 1. The molecule has 0 radical (unpaired) electrons. The fourth-order valence-corrected chi connectivity index (χ4v) is 2.52. The van der Waals surface area contributed by atoms with Crippen molar-refractivity contribution in [2.24, 2.45) is 0 Å². The van der Waals surface area contributed by atoms with Gasteiger partial charge in [0.05, 0.1) is 5.69 Å². The molecule has 17 heavy (non-hydrogen) atoms. The number of aromatic nitrogens is 2. The van der Waals surface area contributed by atoms with Crippen molar-refractivity contribution in [3.8, 4) is 10.9 Å². The van der Waals surface area contributed by atoms with Gasteiger partial charge in [-0.15, -0.1) is 5.10 Å². The first-order chi connectivity index (χ1) is 8.33. The number of hydrogen-bond acceptors (Lipinski definition) is 5. The Morgan fingerprint density at radius 3 is 3.12 bits per heavy atom. The number of anilines is 1. The molecule has 5 heteroatoms. The number of ether oxygens (including phenoxy) is 1. The average molecular weight is 247 g/mol. The van der Waals surface area contributed by atoms with E-state index in [1.165, 1.54) is 23.3 Å². The molecule has 0 bridgehead atoms. The molecule has 0 aliphatic carbocycles. The van der Waals surface area contributed by atoms with E-state index in [9.17, 15) is 0 Å². The highest BCUT2D eigenvalue weighted by atomic mass is 32.1. The van der Waals surface area contributed by atoms with E-state index in [0.717, 1.165) is 29.4 Å². The Balaban J connectivity index is 1.92. The van der Waals surface area contributed by atoms with E-state index < -0.39 is 0 Å². The molecule has 1 aliphatic heterocycles.